The molecule has 0 bridgehead atoms. The first kappa shape index (κ1) is 18.9. The number of urea groups is 1. The highest BCUT2D eigenvalue weighted by Crippen LogP contribution is 2.42. The third kappa shape index (κ3) is 3.51. The molecule has 1 saturated heterocycles. The van der Waals surface area contributed by atoms with Gasteiger partial charge < -0.3 is 10.6 Å². The number of nitrogens with one attached hydrogen (secondary N) is 2. The molecule has 0 aromatic heterocycles. The maximum Gasteiger partial charge on any atom is 0.325 e. The molecule has 2 heterocycles. The molecule has 1 aromatic carbocycles. The largest absolute Gasteiger partial charge is 0.353 e. The molecule has 2 unspecified atom stereocenters. The number of hydrogen-bond acceptors (Lipinski definition) is 4. The fourth-order valence-electron chi connectivity index (χ4n) is 4.28. The van der Waals surface area contributed by atoms with Crippen LogP contribution in [0.1, 0.15) is 37.8 Å². The van der Waals surface area contributed by atoms with E-state index in [1.165, 1.54) is 11.1 Å². The lowest BCUT2D eigenvalue weighted by molar-refractivity contribution is -0.135. The first-order valence-corrected chi connectivity index (χ1v) is 10.1. The summed E-state index contributed by atoms with van der Waals surface area (Å²) in [5, 5.41) is 5.66. The van der Waals surface area contributed by atoms with Crippen molar-refractivity contribution >= 4 is 17.8 Å². The SMILES string of the molecule is CC(CNC(=O)CN1C(=O)NC(C)(C2CC2)C1=O)N1CCc2ccccc2C1. The lowest BCUT2D eigenvalue weighted by atomic mass is 9.96. The maximum atomic E-state index is 12.6. The number of benzene rings is 1. The van der Waals surface area contributed by atoms with E-state index in [2.05, 4.69) is 46.7 Å². The number of hydrogen-bond donors (Lipinski definition) is 2. The van der Waals surface area contributed by atoms with Crippen LogP contribution in [0.25, 0.3) is 0 Å². The van der Waals surface area contributed by atoms with E-state index in [1.54, 1.807) is 6.92 Å². The van der Waals surface area contributed by atoms with Gasteiger partial charge in [0.25, 0.3) is 5.91 Å². The van der Waals surface area contributed by atoms with Crippen molar-refractivity contribution < 1.29 is 14.4 Å². The number of nitrogens with zero attached hydrogens (tertiary/aromatic N) is 2. The van der Waals surface area contributed by atoms with E-state index < -0.39 is 11.6 Å². The van der Waals surface area contributed by atoms with Crippen LogP contribution in [0, 0.1) is 5.92 Å². The molecule has 0 radical (unpaired) electrons. The molecule has 1 saturated carbocycles. The van der Waals surface area contributed by atoms with Gasteiger partial charge >= 0.3 is 6.03 Å². The molecule has 2 fully saturated rings. The number of rotatable bonds is 6. The molecule has 2 atom stereocenters. The summed E-state index contributed by atoms with van der Waals surface area (Å²) < 4.78 is 0. The summed E-state index contributed by atoms with van der Waals surface area (Å²) in [5.41, 5.74) is 1.89. The van der Waals surface area contributed by atoms with Crippen molar-refractivity contribution in [3.63, 3.8) is 0 Å². The normalized spacial score (nSPS) is 26.0. The van der Waals surface area contributed by atoms with Crippen LogP contribution < -0.4 is 10.6 Å². The van der Waals surface area contributed by atoms with Crippen molar-refractivity contribution in [3.05, 3.63) is 35.4 Å². The lowest BCUT2D eigenvalue weighted by Crippen LogP contribution is -2.48. The smallest absolute Gasteiger partial charge is 0.325 e. The van der Waals surface area contributed by atoms with Crippen molar-refractivity contribution in [2.45, 2.75) is 51.2 Å². The van der Waals surface area contributed by atoms with E-state index in [1.807, 2.05) is 0 Å². The fourth-order valence-corrected chi connectivity index (χ4v) is 4.28. The Balaban J connectivity index is 1.28. The molecule has 150 valence electrons. The predicted molar refractivity (Wildman–Crippen MR) is 104 cm³/mol. The summed E-state index contributed by atoms with van der Waals surface area (Å²) in [6, 6.07) is 8.17. The summed E-state index contributed by atoms with van der Waals surface area (Å²) in [7, 11) is 0. The minimum Gasteiger partial charge on any atom is -0.353 e. The van der Waals surface area contributed by atoms with E-state index in [0.717, 1.165) is 37.3 Å². The molecule has 4 amide bonds. The van der Waals surface area contributed by atoms with Gasteiger partial charge in [-0.15, -0.1) is 0 Å². The molecule has 28 heavy (non-hydrogen) atoms. The first-order chi connectivity index (χ1) is 13.4. The topological polar surface area (TPSA) is 81.8 Å². The van der Waals surface area contributed by atoms with E-state index in [9.17, 15) is 14.4 Å². The highest BCUT2D eigenvalue weighted by Gasteiger charge is 2.56. The molecule has 0 spiro atoms. The van der Waals surface area contributed by atoms with Gasteiger partial charge in [0.15, 0.2) is 0 Å². The van der Waals surface area contributed by atoms with E-state index >= 15 is 0 Å². The molecule has 3 aliphatic rings. The molecule has 7 heteroatoms. The van der Waals surface area contributed by atoms with Gasteiger partial charge in [-0.1, -0.05) is 24.3 Å². The molecule has 7 nitrogen and oxygen atoms in total. The van der Waals surface area contributed by atoms with Crippen molar-refractivity contribution in [1.29, 1.82) is 0 Å². The standard InChI is InChI=1S/C21H28N4O3/c1-14(24-10-9-15-5-3-4-6-16(15)12-24)11-22-18(26)13-25-19(27)21(2,17-7-8-17)23-20(25)28/h3-6,14,17H,7-13H2,1-2H3,(H,22,26)(H,23,28). The zero-order chi connectivity index (χ0) is 19.9. The Hall–Kier alpha value is -2.41. The maximum absolute atomic E-state index is 12.6. The van der Waals surface area contributed by atoms with Gasteiger partial charge in [0.1, 0.15) is 12.1 Å². The number of fused-ring (bicyclic) bond motifs is 1. The fraction of sp³-hybridized carbons (Fsp3) is 0.571. The van der Waals surface area contributed by atoms with Crippen LogP contribution in [-0.2, 0) is 22.6 Å². The lowest BCUT2D eigenvalue weighted by Gasteiger charge is -2.33. The number of carbonyl (C=O) groups is 3. The predicted octanol–water partition coefficient (Wildman–Crippen LogP) is 1.27. The third-order valence-corrected chi connectivity index (χ3v) is 6.37. The van der Waals surface area contributed by atoms with Gasteiger partial charge in [0, 0.05) is 25.7 Å². The zero-order valence-electron chi connectivity index (χ0n) is 16.5. The van der Waals surface area contributed by atoms with Crippen LogP contribution in [0.3, 0.4) is 0 Å². The second kappa shape index (κ2) is 7.20. The van der Waals surface area contributed by atoms with Crippen molar-refractivity contribution in [1.82, 2.24) is 20.4 Å². The van der Waals surface area contributed by atoms with Gasteiger partial charge in [-0.3, -0.25) is 19.4 Å². The Kier molecular flexibility index (Phi) is 4.87. The molecule has 4 rings (SSSR count). The average Bonchev–Trinajstić information content (AvgIpc) is 3.52. The van der Waals surface area contributed by atoms with Crippen molar-refractivity contribution in [2.75, 3.05) is 19.6 Å². The molecule has 2 N–H and O–H groups in total. The summed E-state index contributed by atoms with van der Waals surface area (Å²) in [4.78, 5) is 40.6. The Labute approximate surface area is 165 Å². The quantitative estimate of drug-likeness (QED) is 0.724. The molecule has 1 aromatic rings. The van der Waals surface area contributed by atoms with Crippen LogP contribution in [0.4, 0.5) is 4.79 Å². The van der Waals surface area contributed by atoms with Crippen LogP contribution in [-0.4, -0.2) is 58.9 Å². The number of amides is 4. The van der Waals surface area contributed by atoms with Crippen molar-refractivity contribution in [2.24, 2.45) is 5.92 Å². The summed E-state index contributed by atoms with van der Waals surface area (Å²) in [6.45, 7) is 5.96. The van der Waals surface area contributed by atoms with Gasteiger partial charge in [0.2, 0.25) is 5.91 Å². The van der Waals surface area contributed by atoms with E-state index in [0.29, 0.717) is 6.54 Å². The summed E-state index contributed by atoms with van der Waals surface area (Å²) in [6.07, 6.45) is 2.90. The van der Waals surface area contributed by atoms with Crippen LogP contribution in [0.15, 0.2) is 24.3 Å². The Morgan fingerprint density at radius 2 is 2.00 bits per heavy atom. The van der Waals surface area contributed by atoms with Gasteiger partial charge in [-0.05, 0) is 50.2 Å². The minimum atomic E-state index is -0.841. The zero-order valence-corrected chi connectivity index (χ0v) is 16.5. The Bertz CT molecular complexity index is 807. The number of carbonyl (C=O) groups excluding carboxylic acids is 3. The Morgan fingerprint density at radius 1 is 1.29 bits per heavy atom. The van der Waals surface area contributed by atoms with Crippen molar-refractivity contribution in [3.8, 4) is 0 Å². The molecule has 1 aliphatic carbocycles. The molecular formula is C21H28N4O3. The second-order valence-corrected chi connectivity index (χ2v) is 8.44. The number of imide groups is 1. The van der Waals surface area contributed by atoms with Gasteiger partial charge in [0.05, 0.1) is 0 Å². The Morgan fingerprint density at radius 3 is 2.71 bits per heavy atom. The van der Waals surface area contributed by atoms with Crippen LogP contribution in [0.2, 0.25) is 0 Å². The average molecular weight is 384 g/mol. The van der Waals surface area contributed by atoms with E-state index in [4.69, 9.17) is 0 Å². The second-order valence-electron chi connectivity index (χ2n) is 8.44. The van der Waals surface area contributed by atoms with Crippen LogP contribution >= 0.6 is 0 Å². The van der Waals surface area contributed by atoms with Crippen LogP contribution in [0.5, 0.6) is 0 Å². The molecule has 2 aliphatic heterocycles. The third-order valence-electron chi connectivity index (χ3n) is 6.37. The summed E-state index contributed by atoms with van der Waals surface area (Å²) in [5.74, 6) is -0.386. The molecular weight excluding hydrogens is 356 g/mol. The first-order valence-electron chi connectivity index (χ1n) is 10.1. The summed E-state index contributed by atoms with van der Waals surface area (Å²) >= 11 is 0. The van der Waals surface area contributed by atoms with E-state index in [-0.39, 0.29) is 30.3 Å². The minimum absolute atomic E-state index is 0.178. The monoisotopic (exact) mass is 384 g/mol. The highest BCUT2D eigenvalue weighted by atomic mass is 16.2. The van der Waals surface area contributed by atoms with Gasteiger partial charge in [-0.2, -0.15) is 0 Å². The highest BCUT2D eigenvalue weighted by molar-refractivity contribution is 6.09. The van der Waals surface area contributed by atoms with Gasteiger partial charge in [-0.25, -0.2) is 4.79 Å².